The van der Waals surface area contributed by atoms with Crippen molar-refractivity contribution in [2.45, 2.75) is 45.6 Å². The van der Waals surface area contributed by atoms with Gasteiger partial charge in [-0.15, -0.1) is 0 Å². The highest BCUT2D eigenvalue weighted by atomic mass is 16.5. The number of carbonyl (C=O) groups is 1. The topological polar surface area (TPSA) is 67.3 Å². The molecule has 2 aliphatic carbocycles. The van der Waals surface area contributed by atoms with Crippen LogP contribution >= 0.6 is 0 Å². The molecular weight excluding hydrogens is 304 g/mol. The van der Waals surface area contributed by atoms with E-state index in [0.29, 0.717) is 0 Å². The number of nitrogens with one attached hydrogen (secondary N) is 1. The monoisotopic (exact) mass is 330 g/mol. The maximum absolute atomic E-state index is 12.2. The van der Waals surface area contributed by atoms with E-state index >= 15 is 0 Å². The van der Waals surface area contributed by atoms with E-state index in [0.717, 1.165) is 69.2 Å². The standard InChI is InChI=1S/C18H26N4O2/c1-18(2)9-14(20-16(23)12-3-4-12)13-11-19-17(21-15(13)10-18)22-5-7-24-8-6-22/h11-12,14H,3-10H2,1-2H3,(H,20,23). The van der Waals surface area contributed by atoms with Crippen molar-refractivity contribution in [1.29, 1.82) is 0 Å². The number of morpholine rings is 1. The molecule has 1 aromatic rings. The fourth-order valence-electron chi connectivity index (χ4n) is 3.72. The molecule has 1 aliphatic heterocycles. The molecule has 0 spiro atoms. The number of hydrogen-bond donors (Lipinski definition) is 1. The van der Waals surface area contributed by atoms with Crippen molar-refractivity contribution in [3.63, 3.8) is 0 Å². The first-order valence-electron chi connectivity index (χ1n) is 9.01. The second-order valence-corrected chi connectivity index (χ2v) is 8.05. The summed E-state index contributed by atoms with van der Waals surface area (Å²) in [7, 11) is 0. The molecular formula is C18H26N4O2. The Balaban J connectivity index is 1.59. The van der Waals surface area contributed by atoms with E-state index in [-0.39, 0.29) is 23.3 Å². The molecule has 1 saturated carbocycles. The minimum Gasteiger partial charge on any atom is -0.378 e. The summed E-state index contributed by atoms with van der Waals surface area (Å²) in [6, 6.07) is 0.0376. The van der Waals surface area contributed by atoms with Gasteiger partial charge in [0.05, 0.1) is 24.9 Å². The van der Waals surface area contributed by atoms with E-state index in [9.17, 15) is 4.79 Å². The van der Waals surface area contributed by atoms with Gasteiger partial charge in [0.25, 0.3) is 0 Å². The molecule has 1 saturated heterocycles. The number of anilines is 1. The number of fused-ring (bicyclic) bond motifs is 1. The number of hydrogen-bond acceptors (Lipinski definition) is 5. The third-order valence-electron chi connectivity index (χ3n) is 5.22. The summed E-state index contributed by atoms with van der Waals surface area (Å²) in [5.41, 5.74) is 2.31. The summed E-state index contributed by atoms with van der Waals surface area (Å²) in [6.45, 7) is 7.64. The van der Waals surface area contributed by atoms with Crippen LogP contribution in [0.1, 0.15) is 50.4 Å². The number of carbonyl (C=O) groups excluding carboxylic acids is 1. The second-order valence-electron chi connectivity index (χ2n) is 8.05. The van der Waals surface area contributed by atoms with E-state index in [1.165, 1.54) is 0 Å². The first-order chi connectivity index (χ1) is 11.5. The van der Waals surface area contributed by atoms with Crippen molar-refractivity contribution in [1.82, 2.24) is 15.3 Å². The lowest BCUT2D eigenvalue weighted by Crippen LogP contribution is -2.40. The fraction of sp³-hybridized carbons (Fsp3) is 0.722. The molecule has 6 nitrogen and oxygen atoms in total. The molecule has 3 aliphatic rings. The van der Waals surface area contributed by atoms with Crippen molar-refractivity contribution in [3.8, 4) is 0 Å². The molecule has 1 atom stereocenters. The quantitative estimate of drug-likeness (QED) is 0.916. The third kappa shape index (κ3) is 3.24. The van der Waals surface area contributed by atoms with E-state index in [2.05, 4.69) is 29.0 Å². The van der Waals surface area contributed by atoms with Gasteiger partial charge in [0.1, 0.15) is 0 Å². The van der Waals surface area contributed by atoms with Crippen molar-refractivity contribution >= 4 is 11.9 Å². The molecule has 2 heterocycles. The molecule has 24 heavy (non-hydrogen) atoms. The molecule has 4 rings (SSSR count). The molecule has 1 unspecified atom stereocenters. The second kappa shape index (κ2) is 5.99. The predicted molar refractivity (Wildman–Crippen MR) is 90.8 cm³/mol. The van der Waals surface area contributed by atoms with Crippen LogP contribution in [0.5, 0.6) is 0 Å². The number of ether oxygens (including phenoxy) is 1. The van der Waals surface area contributed by atoms with Gasteiger partial charge in [-0.05, 0) is 31.1 Å². The van der Waals surface area contributed by atoms with Gasteiger partial charge in [-0.2, -0.15) is 0 Å². The van der Waals surface area contributed by atoms with Crippen LogP contribution < -0.4 is 10.2 Å². The van der Waals surface area contributed by atoms with Crippen LogP contribution in [0.2, 0.25) is 0 Å². The number of nitrogens with zero attached hydrogens (tertiary/aromatic N) is 3. The zero-order valence-electron chi connectivity index (χ0n) is 14.5. The van der Waals surface area contributed by atoms with Crippen molar-refractivity contribution in [2.75, 3.05) is 31.2 Å². The third-order valence-corrected chi connectivity index (χ3v) is 5.22. The molecule has 2 fully saturated rings. The molecule has 130 valence electrons. The average molecular weight is 330 g/mol. The highest BCUT2D eigenvalue weighted by Gasteiger charge is 2.37. The summed E-state index contributed by atoms with van der Waals surface area (Å²) in [5.74, 6) is 1.22. The minimum atomic E-state index is 0.0376. The highest BCUT2D eigenvalue weighted by molar-refractivity contribution is 5.81. The van der Waals surface area contributed by atoms with Gasteiger partial charge in [0.2, 0.25) is 11.9 Å². The van der Waals surface area contributed by atoms with Crippen LogP contribution in [-0.2, 0) is 16.0 Å². The summed E-state index contributed by atoms with van der Waals surface area (Å²) in [5, 5.41) is 3.24. The summed E-state index contributed by atoms with van der Waals surface area (Å²) in [6.07, 6.45) is 5.86. The average Bonchev–Trinajstić information content (AvgIpc) is 3.39. The van der Waals surface area contributed by atoms with E-state index in [1.807, 2.05) is 6.20 Å². The molecule has 6 heteroatoms. The van der Waals surface area contributed by atoms with Gasteiger partial charge in [0.15, 0.2) is 0 Å². The Bertz CT molecular complexity index is 636. The molecule has 1 amide bonds. The van der Waals surface area contributed by atoms with Crippen molar-refractivity contribution < 1.29 is 9.53 Å². The molecule has 0 aromatic carbocycles. The lowest BCUT2D eigenvalue weighted by atomic mass is 9.74. The first kappa shape index (κ1) is 15.8. The Morgan fingerprint density at radius 1 is 1.33 bits per heavy atom. The molecule has 1 N–H and O–H groups in total. The zero-order chi connectivity index (χ0) is 16.7. The number of amides is 1. The largest absolute Gasteiger partial charge is 0.378 e. The van der Waals surface area contributed by atoms with Gasteiger partial charge in [-0.3, -0.25) is 4.79 Å². The number of rotatable bonds is 3. The van der Waals surface area contributed by atoms with Crippen LogP contribution in [0.4, 0.5) is 5.95 Å². The van der Waals surface area contributed by atoms with Crippen LogP contribution in [0, 0.1) is 11.3 Å². The lowest BCUT2D eigenvalue weighted by Gasteiger charge is -2.37. The molecule has 0 radical (unpaired) electrons. The smallest absolute Gasteiger partial charge is 0.225 e. The summed E-state index contributed by atoms with van der Waals surface area (Å²) in [4.78, 5) is 23.9. The minimum absolute atomic E-state index is 0.0376. The SMILES string of the molecule is CC1(C)Cc2nc(N3CCOCC3)ncc2C(NC(=O)C2CC2)C1. The number of aromatic nitrogens is 2. The van der Waals surface area contributed by atoms with Gasteiger partial charge in [-0.1, -0.05) is 13.8 Å². The van der Waals surface area contributed by atoms with Crippen LogP contribution in [0.3, 0.4) is 0 Å². The van der Waals surface area contributed by atoms with E-state index < -0.39 is 0 Å². The Morgan fingerprint density at radius 3 is 2.79 bits per heavy atom. The summed E-state index contributed by atoms with van der Waals surface area (Å²) < 4.78 is 5.41. The van der Waals surface area contributed by atoms with Crippen molar-refractivity contribution in [3.05, 3.63) is 17.5 Å². The first-order valence-corrected chi connectivity index (χ1v) is 9.01. The van der Waals surface area contributed by atoms with Gasteiger partial charge in [-0.25, -0.2) is 9.97 Å². The zero-order valence-corrected chi connectivity index (χ0v) is 14.5. The molecule has 1 aromatic heterocycles. The normalized spacial score (nSPS) is 25.9. The van der Waals surface area contributed by atoms with Gasteiger partial charge in [0, 0.05) is 30.8 Å². The fourth-order valence-corrected chi connectivity index (χ4v) is 3.72. The predicted octanol–water partition coefficient (Wildman–Crippen LogP) is 1.85. The highest BCUT2D eigenvalue weighted by Crippen LogP contribution is 2.41. The van der Waals surface area contributed by atoms with Crippen molar-refractivity contribution in [2.24, 2.45) is 11.3 Å². The Morgan fingerprint density at radius 2 is 2.08 bits per heavy atom. The van der Waals surface area contributed by atoms with E-state index in [4.69, 9.17) is 9.72 Å². The summed E-state index contributed by atoms with van der Waals surface area (Å²) >= 11 is 0. The van der Waals surface area contributed by atoms with E-state index in [1.54, 1.807) is 0 Å². The maximum atomic E-state index is 12.2. The Hall–Kier alpha value is -1.69. The maximum Gasteiger partial charge on any atom is 0.225 e. The van der Waals surface area contributed by atoms with Crippen LogP contribution in [0.25, 0.3) is 0 Å². The Kier molecular flexibility index (Phi) is 3.95. The van der Waals surface area contributed by atoms with Crippen LogP contribution in [0.15, 0.2) is 6.20 Å². The van der Waals surface area contributed by atoms with Gasteiger partial charge >= 0.3 is 0 Å². The lowest BCUT2D eigenvalue weighted by molar-refractivity contribution is -0.123. The Labute approximate surface area is 143 Å². The van der Waals surface area contributed by atoms with Crippen LogP contribution in [-0.4, -0.2) is 42.2 Å². The molecule has 0 bridgehead atoms. The van der Waals surface area contributed by atoms with Gasteiger partial charge < -0.3 is 15.0 Å².